The minimum atomic E-state index is 0. The second-order valence-electron chi connectivity index (χ2n) is 1.46. The monoisotopic (exact) mass is 171 g/mol. The molecule has 0 fully saturated rings. The molecular formula is C6H9Zr-. The summed E-state index contributed by atoms with van der Waals surface area (Å²) >= 11 is 0. The van der Waals surface area contributed by atoms with E-state index in [0.717, 1.165) is 11.1 Å². The van der Waals surface area contributed by atoms with Crippen LogP contribution in [-0.2, 0) is 26.2 Å². The number of hydrogen-bond donors (Lipinski definition) is 0. The van der Waals surface area contributed by atoms with Crippen LogP contribution in [0.3, 0.4) is 0 Å². The molecule has 0 aliphatic heterocycles. The fraction of sp³-hybridized carbons (Fsp3) is 0.333. The zero-order valence-corrected chi connectivity index (χ0v) is 7.24. The van der Waals surface area contributed by atoms with Crippen molar-refractivity contribution in [1.82, 2.24) is 0 Å². The van der Waals surface area contributed by atoms with E-state index in [1.165, 1.54) is 0 Å². The number of rotatable bonds is 1. The summed E-state index contributed by atoms with van der Waals surface area (Å²) in [6.45, 7) is 12.6. The largest absolute Gasteiger partial charge is 0.290 e. The van der Waals surface area contributed by atoms with E-state index in [9.17, 15) is 0 Å². The molecule has 0 heterocycles. The van der Waals surface area contributed by atoms with Gasteiger partial charge < -0.3 is 0 Å². The molecule has 0 aliphatic rings. The topological polar surface area (TPSA) is 0 Å². The third-order valence-corrected chi connectivity index (χ3v) is 0.673. The van der Waals surface area contributed by atoms with Crippen molar-refractivity contribution in [3.63, 3.8) is 0 Å². The molecule has 0 bridgehead atoms. The van der Waals surface area contributed by atoms with Crippen LogP contribution >= 0.6 is 0 Å². The predicted molar refractivity (Wildman–Crippen MR) is 28.3 cm³/mol. The van der Waals surface area contributed by atoms with Gasteiger partial charge >= 0.3 is 0 Å². The summed E-state index contributed by atoms with van der Waals surface area (Å²) in [6.07, 6.45) is 0. The first-order valence-corrected chi connectivity index (χ1v) is 1.89. The van der Waals surface area contributed by atoms with Crippen LogP contribution in [0.2, 0.25) is 0 Å². The first kappa shape index (κ1) is 10.4. The molecule has 0 saturated heterocycles. The van der Waals surface area contributed by atoms with Crippen LogP contribution in [0.15, 0.2) is 17.7 Å². The van der Waals surface area contributed by atoms with Gasteiger partial charge in [0, 0.05) is 26.2 Å². The molecule has 0 aliphatic carbocycles. The Hall–Kier alpha value is 0.363. The summed E-state index contributed by atoms with van der Waals surface area (Å²) in [7, 11) is 0. The molecule has 0 spiro atoms. The summed E-state index contributed by atoms with van der Waals surface area (Å²) in [5.74, 6) is 0. The minimum Gasteiger partial charge on any atom is -0.290 e. The van der Waals surface area contributed by atoms with Gasteiger partial charge in [-0.15, -0.1) is 6.92 Å². The van der Waals surface area contributed by atoms with Crippen molar-refractivity contribution in [3.8, 4) is 0 Å². The molecule has 1 heteroatoms. The smallest absolute Gasteiger partial charge is 0 e. The van der Waals surface area contributed by atoms with Crippen LogP contribution in [0, 0.1) is 6.58 Å². The Bertz CT molecular complexity index is 70.2. The first-order valence-electron chi connectivity index (χ1n) is 1.89. The molecule has 0 aromatic carbocycles. The van der Waals surface area contributed by atoms with E-state index in [1.54, 1.807) is 0 Å². The van der Waals surface area contributed by atoms with Crippen LogP contribution in [-0.4, -0.2) is 0 Å². The third-order valence-electron chi connectivity index (χ3n) is 0.673. The Kier molecular flexibility index (Phi) is 6.69. The van der Waals surface area contributed by atoms with Crippen molar-refractivity contribution in [2.45, 2.75) is 13.8 Å². The van der Waals surface area contributed by atoms with E-state index in [2.05, 4.69) is 6.58 Å². The fourth-order valence-electron chi connectivity index (χ4n) is 0. The predicted octanol–water partition coefficient (Wildman–Crippen LogP) is 1.94. The number of allylic oxidation sites excluding steroid dienone is 2. The van der Waals surface area contributed by atoms with E-state index in [1.807, 2.05) is 13.8 Å². The summed E-state index contributed by atoms with van der Waals surface area (Å²) in [5, 5.41) is 0. The Balaban J connectivity index is 0. The van der Waals surface area contributed by atoms with E-state index >= 15 is 0 Å². The second kappa shape index (κ2) is 4.52. The maximum Gasteiger partial charge on any atom is 0 e. The quantitative estimate of drug-likeness (QED) is 0.419. The zero-order valence-electron chi connectivity index (χ0n) is 4.78. The molecule has 0 atom stereocenters. The van der Waals surface area contributed by atoms with Crippen molar-refractivity contribution in [2.75, 3.05) is 0 Å². The van der Waals surface area contributed by atoms with Gasteiger partial charge in [0.05, 0.1) is 0 Å². The molecule has 0 saturated carbocycles. The fourth-order valence-corrected chi connectivity index (χ4v) is 0. The SMILES string of the molecule is [CH-]=C(C)C(=C)C.[Zr]. The van der Waals surface area contributed by atoms with Gasteiger partial charge in [-0.05, 0) is 0 Å². The van der Waals surface area contributed by atoms with Gasteiger partial charge in [0.15, 0.2) is 0 Å². The van der Waals surface area contributed by atoms with Crippen LogP contribution in [0.5, 0.6) is 0 Å². The van der Waals surface area contributed by atoms with Crippen molar-refractivity contribution < 1.29 is 26.2 Å². The second-order valence-corrected chi connectivity index (χ2v) is 1.46. The normalized spacial score (nSPS) is 6.57. The molecule has 7 heavy (non-hydrogen) atoms. The molecular weight excluding hydrogens is 163 g/mol. The van der Waals surface area contributed by atoms with Gasteiger partial charge in [-0.1, -0.05) is 6.92 Å². The summed E-state index contributed by atoms with van der Waals surface area (Å²) < 4.78 is 0. The van der Waals surface area contributed by atoms with Gasteiger partial charge in [0.2, 0.25) is 0 Å². The molecule has 0 unspecified atom stereocenters. The van der Waals surface area contributed by atoms with Crippen LogP contribution in [0.1, 0.15) is 13.8 Å². The van der Waals surface area contributed by atoms with Crippen molar-refractivity contribution in [3.05, 3.63) is 24.3 Å². The maximum absolute atomic E-state index is 5.25. The standard InChI is InChI=1S/C6H9.Zr/c1-5(2)6(3)4;/h1H,3H2,2,4H3;/q-1;. The van der Waals surface area contributed by atoms with Gasteiger partial charge in [0.25, 0.3) is 0 Å². The van der Waals surface area contributed by atoms with Gasteiger partial charge in [-0.2, -0.15) is 6.58 Å². The summed E-state index contributed by atoms with van der Waals surface area (Å²) in [5.41, 5.74) is 1.77. The first-order chi connectivity index (χ1) is 2.64. The molecule has 0 rings (SSSR count). The Morgan fingerprint density at radius 3 is 1.57 bits per heavy atom. The average molecular weight is 172 g/mol. The van der Waals surface area contributed by atoms with Crippen molar-refractivity contribution in [1.29, 1.82) is 0 Å². The Morgan fingerprint density at radius 1 is 1.43 bits per heavy atom. The molecule has 0 aromatic rings. The molecule has 0 radical (unpaired) electrons. The van der Waals surface area contributed by atoms with E-state index < -0.39 is 0 Å². The average Bonchev–Trinajstić information content (AvgIpc) is 1.36. The minimum absolute atomic E-state index is 0. The Morgan fingerprint density at radius 2 is 1.57 bits per heavy atom. The number of hydrogen-bond acceptors (Lipinski definition) is 0. The van der Waals surface area contributed by atoms with Gasteiger partial charge in [-0.25, -0.2) is 11.1 Å². The van der Waals surface area contributed by atoms with E-state index in [-0.39, 0.29) is 26.2 Å². The molecule has 0 amide bonds. The Labute approximate surface area is 64.4 Å². The third kappa shape index (κ3) is 6.36. The van der Waals surface area contributed by atoms with Crippen molar-refractivity contribution in [2.24, 2.45) is 0 Å². The zero-order chi connectivity index (χ0) is 5.15. The van der Waals surface area contributed by atoms with Gasteiger partial charge in [-0.3, -0.25) is 6.58 Å². The maximum atomic E-state index is 5.25. The van der Waals surface area contributed by atoms with Gasteiger partial charge in [0.1, 0.15) is 0 Å². The van der Waals surface area contributed by atoms with Crippen LogP contribution in [0.4, 0.5) is 0 Å². The van der Waals surface area contributed by atoms with Crippen LogP contribution < -0.4 is 0 Å². The summed E-state index contributed by atoms with van der Waals surface area (Å²) in [4.78, 5) is 0. The van der Waals surface area contributed by atoms with Crippen molar-refractivity contribution >= 4 is 0 Å². The molecule has 0 aromatic heterocycles. The van der Waals surface area contributed by atoms with E-state index in [4.69, 9.17) is 6.58 Å². The molecule has 0 N–H and O–H groups in total. The summed E-state index contributed by atoms with van der Waals surface area (Å²) in [6, 6.07) is 0. The molecule has 38 valence electrons. The van der Waals surface area contributed by atoms with Crippen LogP contribution in [0.25, 0.3) is 0 Å². The van der Waals surface area contributed by atoms with E-state index in [0.29, 0.717) is 0 Å². The molecule has 0 nitrogen and oxygen atoms in total.